The number of amides is 1. The van der Waals surface area contributed by atoms with Crippen LogP contribution in [-0.2, 0) is 0 Å². The Morgan fingerprint density at radius 1 is 1.56 bits per heavy atom. The van der Waals surface area contributed by atoms with Crippen molar-refractivity contribution in [3.05, 3.63) is 39.4 Å². The molecule has 0 fully saturated rings. The van der Waals surface area contributed by atoms with Crippen LogP contribution in [0.5, 0.6) is 0 Å². The smallest absolute Gasteiger partial charge is 0.285 e. The number of nitro benzene ring substituents is 1. The predicted octanol–water partition coefficient (Wildman–Crippen LogP) is 2.65. The number of carbonyl (C=O) groups is 1. The maximum absolute atomic E-state index is 11.8. The van der Waals surface area contributed by atoms with Gasteiger partial charge in [0.15, 0.2) is 0 Å². The quantitative estimate of drug-likeness (QED) is 0.508. The number of nitro groups is 1. The van der Waals surface area contributed by atoms with E-state index in [0.29, 0.717) is 18.5 Å². The summed E-state index contributed by atoms with van der Waals surface area (Å²) < 4.78 is 0. The maximum Gasteiger partial charge on any atom is 0.285 e. The van der Waals surface area contributed by atoms with Crippen LogP contribution >= 0.6 is 11.6 Å². The van der Waals surface area contributed by atoms with Gasteiger partial charge in [0, 0.05) is 17.5 Å². The SMILES string of the molecule is Cc1cccc(C(=O)NCCC(C)Cl)c1[N+](=O)[O-]. The molecule has 0 aliphatic carbocycles. The fraction of sp³-hybridized carbons (Fsp3) is 0.417. The van der Waals surface area contributed by atoms with Gasteiger partial charge in [-0.05, 0) is 26.3 Å². The van der Waals surface area contributed by atoms with Gasteiger partial charge in [-0.15, -0.1) is 11.6 Å². The number of alkyl halides is 1. The van der Waals surface area contributed by atoms with E-state index >= 15 is 0 Å². The highest BCUT2D eigenvalue weighted by molar-refractivity contribution is 6.20. The number of para-hydroxylation sites is 1. The summed E-state index contributed by atoms with van der Waals surface area (Å²) in [4.78, 5) is 22.2. The fourth-order valence-electron chi connectivity index (χ4n) is 1.56. The Balaban J connectivity index is 2.86. The second-order valence-corrected chi connectivity index (χ2v) is 4.80. The second-order valence-electron chi connectivity index (χ2n) is 4.05. The van der Waals surface area contributed by atoms with Gasteiger partial charge in [-0.25, -0.2) is 0 Å². The molecule has 0 aromatic heterocycles. The molecule has 0 aliphatic rings. The number of rotatable bonds is 5. The Kier molecular flexibility index (Phi) is 5.09. The van der Waals surface area contributed by atoms with E-state index in [-0.39, 0.29) is 16.6 Å². The van der Waals surface area contributed by atoms with Crippen LogP contribution in [0.2, 0.25) is 0 Å². The van der Waals surface area contributed by atoms with Crippen LogP contribution in [0, 0.1) is 17.0 Å². The molecule has 1 aromatic rings. The molecular weight excluding hydrogens is 256 g/mol. The van der Waals surface area contributed by atoms with E-state index in [2.05, 4.69) is 5.32 Å². The first-order valence-corrected chi connectivity index (χ1v) is 6.03. The lowest BCUT2D eigenvalue weighted by molar-refractivity contribution is -0.385. The molecule has 0 saturated heterocycles. The van der Waals surface area contributed by atoms with Crippen molar-refractivity contribution in [1.29, 1.82) is 0 Å². The fourth-order valence-corrected chi connectivity index (χ4v) is 1.67. The number of aryl methyl sites for hydroxylation is 1. The predicted molar refractivity (Wildman–Crippen MR) is 70.1 cm³/mol. The number of carbonyl (C=O) groups excluding carboxylic acids is 1. The number of nitrogens with zero attached hydrogens (tertiary/aromatic N) is 1. The van der Waals surface area contributed by atoms with Crippen molar-refractivity contribution < 1.29 is 9.72 Å². The normalized spacial score (nSPS) is 11.9. The molecule has 0 saturated carbocycles. The second kappa shape index (κ2) is 6.35. The Bertz CT molecular complexity index is 461. The summed E-state index contributed by atoms with van der Waals surface area (Å²) in [6.45, 7) is 3.83. The Hall–Kier alpha value is -1.62. The van der Waals surface area contributed by atoms with E-state index in [1.54, 1.807) is 19.1 Å². The third-order valence-corrected chi connectivity index (χ3v) is 2.71. The zero-order chi connectivity index (χ0) is 13.7. The molecule has 1 atom stereocenters. The number of halogens is 1. The summed E-state index contributed by atoms with van der Waals surface area (Å²) >= 11 is 5.75. The number of hydrogen-bond acceptors (Lipinski definition) is 3. The Morgan fingerprint density at radius 3 is 2.78 bits per heavy atom. The molecule has 0 bridgehead atoms. The molecule has 6 heteroatoms. The highest BCUT2D eigenvalue weighted by Crippen LogP contribution is 2.22. The van der Waals surface area contributed by atoms with Crippen LogP contribution in [0.3, 0.4) is 0 Å². The Morgan fingerprint density at radius 2 is 2.22 bits per heavy atom. The van der Waals surface area contributed by atoms with Gasteiger partial charge < -0.3 is 5.32 Å². The van der Waals surface area contributed by atoms with Crippen LogP contribution < -0.4 is 5.32 Å². The monoisotopic (exact) mass is 270 g/mol. The van der Waals surface area contributed by atoms with Gasteiger partial charge >= 0.3 is 0 Å². The van der Waals surface area contributed by atoms with Crippen LogP contribution in [0.1, 0.15) is 29.3 Å². The highest BCUT2D eigenvalue weighted by Gasteiger charge is 2.21. The molecular formula is C12H15ClN2O3. The summed E-state index contributed by atoms with van der Waals surface area (Å²) in [5.41, 5.74) is 0.412. The third kappa shape index (κ3) is 3.70. The van der Waals surface area contributed by atoms with E-state index in [0.717, 1.165) is 0 Å². The number of benzene rings is 1. The van der Waals surface area contributed by atoms with Crippen LogP contribution in [0.4, 0.5) is 5.69 Å². The van der Waals surface area contributed by atoms with Gasteiger partial charge in [-0.1, -0.05) is 12.1 Å². The molecule has 5 nitrogen and oxygen atoms in total. The molecule has 0 aliphatic heterocycles. The molecule has 18 heavy (non-hydrogen) atoms. The summed E-state index contributed by atoms with van der Waals surface area (Å²) in [5.74, 6) is -0.442. The van der Waals surface area contributed by atoms with Gasteiger partial charge in [-0.2, -0.15) is 0 Å². The maximum atomic E-state index is 11.8. The van der Waals surface area contributed by atoms with Crippen molar-refractivity contribution in [2.24, 2.45) is 0 Å². The summed E-state index contributed by atoms with van der Waals surface area (Å²) in [6, 6.07) is 4.68. The van der Waals surface area contributed by atoms with Gasteiger partial charge in [0.1, 0.15) is 5.56 Å². The minimum atomic E-state index is -0.533. The molecule has 1 aromatic carbocycles. The number of nitrogens with one attached hydrogen (secondary N) is 1. The minimum absolute atomic E-state index is 0.0437. The molecule has 1 N–H and O–H groups in total. The number of hydrogen-bond donors (Lipinski definition) is 1. The average molecular weight is 271 g/mol. The molecule has 1 rings (SSSR count). The van der Waals surface area contributed by atoms with Gasteiger partial charge in [0.2, 0.25) is 0 Å². The lowest BCUT2D eigenvalue weighted by Crippen LogP contribution is -2.26. The van der Waals surface area contributed by atoms with Gasteiger partial charge in [0.25, 0.3) is 11.6 Å². The first kappa shape index (κ1) is 14.4. The minimum Gasteiger partial charge on any atom is -0.352 e. The lowest BCUT2D eigenvalue weighted by Gasteiger charge is -2.07. The Labute approximate surface area is 110 Å². The highest BCUT2D eigenvalue weighted by atomic mass is 35.5. The van der Waals surface area contributed by atoms with E-state index in [1.807, 2.05) is 6.92 Å². The zero-order valence-corrected chi connectivity index (χ0v) is 11.0. The van der Waals surface area contributed by atoms with E-state index in [1.165, 1.54) is 6.07 Å². The van der Waals surface area contributed by atoms with E-state index in [4.69, 9.17) is 11.6 Å². The van der Waals surface area contributed by atoms with Crippen LogP contribution in [-0.4, -0.2) is 22.8 Å². The van der Waals surface area contributed by atoms with Crippen molar-refractivity contribution >= 4 is 23.2 Å². The summed E-state index contributed by atoms with van der Waals surface area (Å²) in [7, 11) is 0. The molecule has 1 unspecified atom stereocenters. The largest absolute Gasteiger partial charge is 0.352 e. The van der Waals surface area contributed by atoms with E-state index in [9.17, 15) is 14.9 Å². The molecule has 1 amide bonds. The summed E-state index contributed by atoms with van der Waals surface area (Å²) in [5, 5.41) is 13.5. The zero-order valence-electron chi connectivity index (χ0n) is 10.3. The van der Waals surface area contributed by atoms with Crippen LogP contribution in [0.15, 0.2) is 18.2 Å². The first-order chi connectivity index (χ1) is 8.43. The first-order valence-electron chi connectivity index (χ1n) is 5.59. The van der Waals surface area contributed by atoms with Crippen molar-refractivity contribution in [2.45, 2.75) is 25.6 Å². The van der Waals surface area contributed by atoms with Crippen molar-refractivity contribution in [3.8, 4) is 0 Å². The molecule has 0 radical (unpaired) electrons. The van der Waals surface area contributed by atoms with Crippen LogP contribution in [0.25, 0.3) is 0 Å². The van der Waals surface area contributed by atoms with Gasteiger partial charge in [-0.3, -0.25) is 14.9 Å². The summed E-state index contributed by atoms with van der Waals surface area (Å²) in [6.07, 6.45) is 0.618. The van der Waals surface area contributed by atoms with Crippen molar-refractivity contribution in [3.63, 3.8) is 0 Å². The van der Waals surface area contributed by atoms with Gasteiger partial charge in [0.05, 0.1) is 4.92 Å². The topological polar surface area (TPSA) is 72.2 Å². The lowest BCUT2D eigenvalue weighted by atomic mass is 10.1. The van der Waals surface area contributed by atoms with E-state index < -0.39 is 10.8 Å². The third-order valence-electron chi connectivity index (χ3n) is 2.49. The molecule has 0 spiro atoms. The van der Waals surface area contributed by atoms with Crippen molar-refractivity contribution in [1.82, 2.24) is 5.32 Å². The average Bonchev–Trinajstić information content (AvgIpc) is 2.27. The molecule has 98 valence electrons. The molecule has 0 heterocycles. The van der Waals surface area contributed by atoms with Crippen molar-refractivity contribution in [2.75, 3.05) is 6.54 Å². The standard InChI is InChI=1S/C12H15ClN2O3/c1-8-4-3-5-10(11(8)15(17)18)12(16)14-7-6-9(2)13/h3-5,9H,6-7H2,1-2H3,(H,14,16).